The van der Waals surface area contributed by atoms with Gasteiger partial charge in [0.2, 0.25) is 0 Å². The van der Waals surface area contributed by atoms with E-state index in [2.05, 4.69) is 34.5 Å². The van der Waals surface area contributed by atoms with Gasteiger partial charge in [-0.25, -0.2) is 4.39 Å². The van der Waals surface area contributed by atoms with Crippen molar-refractivity contribution in [2.24, 2.45) is 0 Å². The van der Waals surface area contributed by atoms with Crippen LogP contribution in [0.5, 0.6) is 5.75 Å². The van der Waals surface area contributed by atoms with Crippen LogP contribution in [0.1, 0.15) is 48.5 Å². The fourth-order valence-electron chi connectivity index (χ4n) is 5.48. The van der Waals surface area contributed by atoms with Gasteiger partial charge in [0.1, 0.15) is 11.6 Å². The average molecular weight is 433 g/mol. The van der Waals surface area contributed by atoms with Gasteiger partial charge in [-0.3, -0.25) is 9.69 Å². The highest BCUT2D eigenvalue weighted by Gasteiger charge is 2.41. The molecule has 2 saturated heterocycles. The number of rotatable bonds is 6. The molecule has 5 rings (SSSR count). The lowest BCUT2D eigenvalue weighted by Gasteiger charge is -2.39. The van der Waals surface area contributed by atoms with Gasteiger partial charge in [-0.05, 0) is 44.2 Å². The molecule has 0 saturated carbocycles. The third-order valence-corrected chi connectivity index (χ3v) is 6.91. The topological polar surface area (TPSA) is 41.6 Å². The Morgan fingerprint density at radius 1 is 1.03 bits per heavy atom. The number of carbonyl (C=O) groups is 1. The molecule has 0 spiro atoms. The predicted octanol–water partition coefficient (Wildman–Crippen LogP) is 5.30. The number of fused-ring (bicyclic) bond motifs is 3. The third-order valence-electron chi connectivity index (χ3n) is 6.91. The van der Waals surface area contributed by atoms with Gasteiger partial charge in [-0.15, -0.1) is 0 Å². The van der Waals surface area contributed by atoms with E-state index < -0.39 is 5.82 Å². The van der Waals surface area contributed by atoms with E-state index in [9.17, 15) is 9.18 Å². The number of carbonyl (C=O) groups excluding carboxylic acids is 1. The molecule has 2 unspecified atom stereocenters. The molecule has 166 valence electrons. The van der Waals surface area contributed by atoms with E-state index in [1.807, 2.05) is 25.1 Å². The molecule has 0 aliphatic carbocycles. The molecule has 1 amide bonds. The van der Waals surface area contributed by atoms with E-state index in [1.54, 1.807) is 12.1 Å². The van der Waals surface area contributed by atoms with Gasteiger partial charge in [-0.1, -0.05) is 54.6 Å². The van der Waals surface area contributed by atoms with Crippen molar-refractivity contribution < 1.29 is 13.9 Å². The lowest BCUT2D eigenvalue weighted by atomic mass is 9.95. The molecule has 2 atom stereocenters. The number of nitrogens with one attached hydrogen (secondary N) is 1. The number of nitrogens with zero attached hydrogens (tertiary/aromatic N) is 1. The highest BCUT2D eigenvalue weighted by atomic mass is 19.1. The molecule has 0 aromatic heterocycles. The maximum absolute atomic E-state index is 14.8. The van der Waals surface area contributed by atoms with Crippen molar-refractivity contribution in [1.29, 1.82) is 0 Å². The smallest absolute Gasteiger partial charge is 0.255 e. The summed E-state index contributed by atoms with van der Waals surface area (Å²) in [4.78, 5) is 15.8. The summed E-state index contributed by atoms with van der Waals surface area (Å²) in [5, 5.41) is 4.31. The summed E-state index contributed by atoms with van der Waals surface area (Å²) in [5.74, 6) is -0.183. The van der Waals surface area contributed by atoms with Gasteiger partial charge in [0.15, 0.2) is 0 Å². The number of halogens is 1. The maximum atomic E-state index is 14.8. The molecule has 1 N–H and O–H groups in total. The van der Waals surface area contributed by atoms with Gasteiger partial charge in [0, 0.05) is 35.4 Å². The predicted molar refractivity (Wildman–Crippen MR) is 124 cm³/mol. The summed E-state index contributed by atoms with van der Waals surface area (Å²) in [6.45, 7) is 3.25. The molecule has 32 heavy (non-hydrogen) atoms. The van der Waals surface area contributed by atoms with Crippen molar-refractivity contribution in [2.45, 2.75) is 57.3 Å². The fraction of sp³-hybridized carbons (Fsp3) is 0.370. The summed E-state index contributed by atoms with van der Waals surface area (Å²) in [6.07, 6.45) is 4.18. The Hall–Kier alpha value is -2.92. The van der Waals surface area contributed by atoms with Gasteiger partial charge in [-0.2, -0.15) is 0 Å². The van der Waals surface area contributed by atoms with Crippen LogP contribution in [0.2, 0.25) is 0 Å². The normalized spacial score (nSPS) is 22.8. The number of hydrogen-bond donors (Lipinski definition) is 1. The number of benzene rings is 3. The molecule has 5 heteroatoms. The van der Waals surface area contributed by atoms with Crippen LogP contribution in [0.25, 0.3) is 10.8 Å². The minimum absolute atomic E-state index is 0.0935. The second-order valence-corrected chi connectivity index (χ2v) is 8.90. The van der Waals surface area contributed by atoms with Crippen LogP contribution in [0.4, 0.5) is 4.39 Å². The van der Waals surface area contributed by atoms with Crippen LogP contribution >= 0.6 is 0 Å². The Balaban J connectivity index is 1.33. The SMILES string of the molecule is CCOc1c(C(=O)NC2CC3CCC(C2)N3Cc2ccccc2)cc(F)c2ccccc12. The van der Waals surface area contributed by atoms with Crippen molar-refractivity contribution in [3.63, 3.8) is 0 Å². The van der Waals surface area contributed by atoms with Crippen molar-refractivity contribution >= 4 is 16.7 Å². The Morgan fingerprint density at radius 2 is 1.69 bits per heavy atom. The van der Waals surface area contributed by atoms with E-state index in [1.165, 1.54) is 24.5 Å². The number of piperidine rings is 1. The van der Waals surface area contributed by atoms with Crippen LogP contribution < -0.4 is 10.1 Å². The Kier molecular flexibility index (Phi) is 5.83. The first-order chi connectivity index (χ1) is 15.6. The van der Waals surface area contributed by atoms with Crippen LogP contribution in [0.15, 0.2) is 60.7 Å². The number of hydrogen-bond acceptors (Lipinski definition) is 3. The van der Waals surface area contributed by atoms with Crippen molar-refractivity contribution in [1.82, 2.24) is 10.2 Å². The highest BCUT2D eigenvalue weighted by molar-refractivity contribution is 6.04. The van der Waals surface area contributed by atoms with E-state index in [0.29, 0.717) is 35.2 Å². The first-order valence-electron chi connectivity index (χ1n) is 11.6. The van der Waals surface area contributed by atoms with Gasteiger partial charge >= 0.3 is 0 Å². The molecule has 0 radical (unpaired) electrons. The molecular weight excluding hydrogens is 403 g/mol. The molecule has 3 aromatic carbocycles. The monoisotopic (exact) mass is 432 g/mol. The molecule has 4 nitrogen and oxygen atoms in total. The van der Waals surface area contributed by atoms with E-state index in [4.69, 9.17) is 4.74 Å². The van der Waals surface area contributed by atoms with Crippen molar-refractivity contribution in [3.05, 3.63) is 77.6 Å². The van der Waals surface area contributed by atoms with Crippen LogP contribution in [0.3, 0.4) is 0 Å². The summed E-state index contributed by atoms with van der Waals surface area (Å²) in [5.41, 5.74) is 1.61. The molecule has 2 heterocycles. The highest BCUT2D eigenvalue weighted by Crippen LogP contribution is 2.37. The maximum Gasteiger partial charge on any atom is 0.255 e. The molecular formula is C27H29FN2O2. The average Bonchev–Trinajstić information content (AvgIpc) is 3.03. The van der Waals surface area contributed by atoms with Crippen LogP contribution in [-0.2, 0) is 6.54 Å². The van der Waals surface area contributed by atoms with Gasteiger partial charge in [0.25, 0.3) is 5.91 Å². The standard InChI is InChI=1S/C27H29FN2O2/c1-2-32-26-23-11-7-6-10-22(23)25(28)16-24(26)27(31)29-19-14-20-12-13-21(15-19)30(20)17-18-8-4-3-5-9-18/h3-11,16,19-21H,2,12-15,17H2,1H3,(H,29,31). The van der Waals surface area contributed by atoms with Crippen LogP contribution in [-0.4, -0.2) is 35.5 Å². The number of amides is 1. The van der Waals surface area contributed by atoms with Crippen LogP contribution in [0, 0.1) is 5.82 Å². The van der Waals surface area contributed by atoms with Crippen molar-refractivity contribution in [2.75, 3.05) is 6.61 Å². The van der Waals surface area contributed by atoms with Gasteiger partial charge in [0.05, 0.1) is 12.2 Å². The summed E-state index contributed by atoms with van der Waals surface area (Å²) in [6, 6.07) is 20.1. The first-order valence-corrected chi connectivity index (χ1v) is 11.6. The zero-order chi connectivity index (χ0) is 22.1. The lowest BCUT2D eigenvalue weighted by molar-refractivity contribution is 0.0824. The molecule has 2 fully saturated rings. The zero-order valence-electron chi connectivity index (χ0n) is 18.4. The summed E-state index contributed by atoms with van der Waals surface area (Å²) in [7, 11) is 0. The Labute approximate surface area is 188 Å². The lowest BCUT2D eigenvalue weighted by Crippen LogP contribution is -2.50. The summed E-state index contributed by atoms with van der Waals surface area (Å²) < 4.78 is 20.6. The Morgan fingerprint density at radius 3 is 2.38 bits per heavy atom. The molecule has 2 aliphatic heterocycles. The largest absolute Gasteiger partial charge is 0.492 e. The molecule has 2 bridgehead atoms. The van der Waals surface area contributed by atoms with Gasteiger partial charge < -0.3 is 10.1 Å². The molecule has 2 aliphatic rings. The van der Waals surface area contributed by atoms with E-state index in [-0.39, 0.29) is 17.5 Å². The van der Waals surface area contributed by atoms with E-state index >= 15 is 0 Å². The third kappa shape index (κ3) is 3.97. The summed E-state index contributed by atoms with van der Waals surface area (Å²) >= 11 is 0. The first kappa shape index (κ1) is 21.0. The quantitative estimate of drug-likeness (QED) is 0.575. The minimum atomic E-state index is -0.396. The molecule has 3 aromatic rings. The minimum Gasteiger partial charge on any atom is -0.492 e. The second-order valence-electron chi connectivity index (χ2n) is 8.90. The number of ether oxygens (including phenoxy) is 1. The Bertz CT molecular complexity index is 1100. The fourth-order valence-corrected chi connectivity index (χ4v) is 5.48. The van der Waals surface area contributed by atoms with E-state index in [0.717, 1.165) is 19.4 Å². The second kappa shape index (κ2) is 8.91. The zero-order valence-corrected chi connectivity index (χ0v) is 18.4. The van der Waals surface area contributed by atoms with Crippen molar-refractivity contribution in [3.8, 4) is 5.75 Å².